The largest absolute Gasteiger partial charge is 0.130 e. The Hall–Kier alpha value is -0.920. The van der Waals surface area contributed by atoms with Gasteiger partial charge in [-0.15, -0.1) is 11.8 Å². The minimum absolute atomic E-state index is 0.800. The smallest absolute Gasteiger partial charge is 0.0484 e. The first-order chi connectivity index (χ1) is 7.31. The average Bonchev–Trinajstić information content (AvgIpc) is 2.30. The van der Waals surface area contributed by atoms with Crippen molar-refractivity contribution in [3.8, 4) is 11.1 Å². The van der Waals surface area contributed by atoms with Crippen molar-refractivity contribution >= 4 is 23.4 Å². The van der Waals surface area contributed by atoms with Gasteiger partial charge >= 0.3 is 0 Å². The van der Waals surface area contributed by atoms with Crippen LogP contribution in [-0.2, 0) is 0 Å². The third kappa shape index (κ3) is 2.36. The summed E-state index contributed by atoms with van der Waals surface area (Å²) in [6.45, 7) is 0. The van der Waals surface area contributed by atoms with E-state index in [-0.39, 0.29) is 0 Å². The second-order valence-corrected chi connectivity index (χ2v) is 4.50. The van der Waals surface area contributed by atoms with E-state index in [0.717, 1.165) is 10.6 Å². The lowest BCUT2D eigenvalue weighted by Crippen LogP contribution is -1.79. The molecule has 0 saturated carbocycles. The van der Waals surface area contributed by atoms with E-state index in [1.54, 1.807) is 11.8 Å². The van der Waals surface area contributed by atoms with Crippen LogP contribution in [0.1, 0.15) is 0 Å². The Labute approximate surface area is 99.3 Å². The lowest BCUT2D eigenvalue weighted by atomic mass is 10.1. The molecule has 2 heteroatoms. The highest BCUT2D eigenvalue weighted by Crippen LogP contribution is 2.28. The molecule has 2 aromatic carbocycles. The summed E-state index contributed by atoms with van der Waals surface area (Å²) in [7, 11) is 0. The van der Waals surface area contributed by atoms with Crippen LogP contribution < -0.4 is 0 Å². The average molecular weight is 235 g/mol. The van der Waals surface area contributed by atoms with Crippen molar-refractivity contribution < 1.29 is 0 Å². The summed E-state index contributed by atoms with van der Waals surface area (Å²) in [5.41, 5.74) is 2.25. The monoisotopic (exact) mass is 234 g/mol. The van der Waals surface area contributed by atoms with Gasteiger partial charge in [0, 0.05) is 15.5 Å². The zero-order valence-electron chi connectivity index (χ0n) is 8.41. The molecule has 0 aliphatic heterocycles. The highest BCUT2D eigenvalue weighted by Gasteiger charge is 2.01. The van der Waals surface area contributed by atoms with Crippen LogP contribution in [0.2, 0.25) is 5.02 Å². The Morgan fingerprint density at radius 3 is 2.20 bits per heavy atom. The van der Waals surface area contributed by atoms with Gasteiger partial charge in [-0.05, 0) is 30.0 Å². The molecule has 0 aliphatic carbocycles. The third-order valence-corrected chi connectivity index (χ3v) is 3.35. The second kappa shape index (κ2) is 4.73. The van der Waals surface area contributed by atoms with E-state index in [1.807, 2.05) is 24.3 Å². The lowest BCUT2D eigenvalue weighted by molar-refractivity contribution is 1.46. The minimum atomic E-state index is 0.800. The first kappa shape index (κ1) is 10.6. The molecule has 0 saturated heterocycles. The van der Waals surface area contributed by atoms with Crippen molar-refractivity contribution in [2.45, 2.75) is 4.90 Å². The number of thioether (sulfide) groups is 1. The number of hydrogen-bond acceptors (Lipinski definition) is 1. The fourth-order valence-electron chi connectivity index (χ4n) is 1.47. The Bertz CT molecular complexity index is 448. The Kier molecular flexibility index (Phi) is 3.34. The maximum atomic E-state index is 6.13. The van der Waals surface area contributed by atoms with E-state index in [0.29, 0.717) is 0 Å². The highest BCUT2D eigenvalue weighted by atomic mass is 35.5. The molecule has 0 N–H and O–H groups in total. The molecule has 0 fully saturated rings. The Morgan fingerprint density at radius 2 is 1.60 bits per heavy atom. The van der Waals surface area contributed by atoms with Crippen LogP contribution in [0.5, 0.6) is 0 Å². The quantitative estimate of drug-likeness (QED) is 0.677. The van der Waals surface area contributed by atoms with Crippen molar-refractivity contribution in [2.75, 3.05) is 6.26 Å². The zero-order valence-corrected chi connectivity index (χ0v) is 9.98. The van der Waals surface area contributed by atoms with Crippen LogP contribution in [0.3, 0.4) is 0 Å². The van der Waals surface area contributed by atoms with Gasteiger partial charge in [0.05, 0.1) is 0 Å². The second-order valence-electron chi connectivity index (χ2n) is 3.21. The van der Waals surface area contributed by atoms with Gasteiger partial charge in [0.1, 0.15) is 0 Å². The van der Waals surface area contributed by atoms with E-state index in [9.17, 15) is 0 Å². The van der Waals surface area contributed by atoms with Gasteiger partial charge in [-0.3, -0.25) is 0 Å². The van der Waals surface area contributed by atoms with Crippen molar-refractivity contribution in [2.24, 2.45) is 0 Å². The molecule has 0 aliphatic rings. The molecule has 0 radical (unpaired) electrons. The van der Waals surface area contributed by atoms with E-state index in [2.05, 4.69) is 30.5 Å². The molecule has 0 unspecified atom stereocenters. The Balaban J connectivity index is 2.42. The van der Waals surface area contributed by atoms with Crippen LogP contribution >= 0.6 is 23.4 Å². The molecule has 0 spiro atoms. The molecule has 0 heterocycles. The summed E-state index contributed by atoms with van der Waals surface area (Å²) in [6, 6.07) is 16.3. The summed E-state index contributed by atoms with van der Waals surface area (Å²) >= 11 is 7.87. The molecule has 0 atom stereocenters. The molecular formula is C13H11ClS. The van der Waals surface area contributed by atoms with Gasteiger partial charge in [-0.1, -0.05) is 41.9 Å². The van der Waals surface area contributed by atoms with Gasteiger partial charge in [0.25, 0.3) is 0 Å². The molecule has 0 nitrogen and oxygen atoms in total. The number of benzene rings is 2. The number of hydrogen-bond donors (Lipinski definition) is 0. The topological polar surface area (TPSA) is 0 Å². The van der Waals surface area contributed by atoms with Gasteiger partial charge in [-0.2, -0.15) is 0 Å². The molecule has 76 valence electrons. The summed E-state index contributed by atoms with van der Waals surface area (Å²) < 4.78 is 0. The molecule has 0 amide bonds. The normalized spacial score (nSPS) is 10.3. The molecular weight excluding hydrogens is 224 g/mol. The molecule has 15 heavy (non-hydrogen) atoms. The molecule has 0 aromatic heterocycles. The summed E-state index contributed by atoms with van der Waals surface area (Å²) in [5, 5.41) is 0.800. The standard InChI is InChI=1S/C13H11ClS/c1-15-11-8-6-10(7-9-11)12-4-2-3-5-13(12)14/h2-9H,1H3. The van der Waals surface area contributed by atoms with Crippen molar-refractivity contribution in [1.82, 2.24) is 0 Å². The van der Waals surface area contributed by atoms with E-state index >= 15 is 0 Å². The van der Waals surface area contributed by atoms with Crippen LogP contribution in [-0.4, -0.2) is 6.26 Å². The summed E-state index contributed by atoms with van der Waals surface area (Å²) in [4.78, 5) is 1.27. The van der Waals surface area contributed by atoms with Crippen molar-refractivity contribution in [3.63, 3.8) is 0 Å². The van der Waals surface area contributed by atoms with E-state index in [4.69, 9.17) is 11.6 Å². The van der Waals surface area contributed by atoms with Crippen molar-refractivity contribution in [3.05, 3.63) is 53.6 Å². The third-order valence-electron chi connectivity index (χ3n) is 2.27. The van der Waals surface area contributed by atoms with E-state index in [1.165, 1.54) is 10.5 Å². The highest BCUT2D eigenvalue weighted by molar-refractivity contribution is 7.98. The zero-order chi connectivity index (χ0) is 10.7. The first-order valence-corrected chi connectivity index (χ1v) is 6.30. The fraction of sp³-hybridized carbons (Fsp3) is 0.0769. The first-order valence-electron chi connectivity index (χ1n) is 4.70. The van der Waals surface area contributed by atoms with Crippen LogP contribution in [0, 0.1) is 0 Å². The predicted molar refractivity (Wildman–Crippen MR) is 68.7 cm³/mol. The SMILES string of the molecule is CSc1ccc(-c2ccccc2Cl)cc1. The van der Waals surface area contributed by atoms with E-state index < -0.39 is 0 Å². The Morgan fingerprint density at radius 1 is 0.933 bits per heavy atom. The predicted octanol–water partition coefficient (Wildman–Crippen LogP) is 4.73. The maximum Gasteiger partial charge on any atom is 0.0484 e. The van der Waals surface area contributed by atoms with Crippen molar-refractivity contribution in [1.29, 1.82) is 0 Å². The maximum absolute atomic E-state index is 6.13. The summed E-state index contributed by atoms with van der Waals surface area (Å²) in [6.07, 6.45) is 2.07. The van der Waals surface area contributed by atoms with Gasteiger partial charge in [0.15, 0.2) is 0 Å². The van der Waals surface area contributed by atoms with Gasteiger partial charge in [-0.25, -0.2) is 0 Å². The van der Waals surface area contributed by atoms with Crippen LogP contribution in [0.4, 0.5) is 0 Å². The molecule has 2 aromatic rings. The number of rotatable bonds is 2. The van der Waals surface area contributed by atoms with Crippen LogP contribution in [0.25, 0.3) is 11.1 Å². The lowest BCUT2D eigenvalue weighted by Gasteiger charge is -2.04. The molecule has 0 bridgehead atoms. The summed E-state index contributed by atoms with van der Waals surface area (Å²) in [5.74, 6) is 0. The van der Waals surface area contributed by atoms with Crippen LogP contribution in [0.15, 0.2) is 53.4 Å². The number of halogens is 1. The van der Waals surface area contributed by atoms with Gasteiger partial charge < -0.3 is 0 Å². The fourth-order valence-corrected chi connectivity index (χ4v) is 2.12. The molecule has 2 rings (SSSR count). The van der Waals surface area contributed by atoms with Gasteiger partial charge in [0.2, 0.25) is 0 Å². The minimum Gasteiger partial charge on any atom is -0.130 e.